The van der Waals surface area contributed by atoms with Gasteiger partial charge in [0.2, 0.25) is 0 Å². The van der Waals surface area contributed by atoms with E-state index in [-0.39, 0.29) is 6.71 Å². The molecule has 8 aromatic rings. The molecule has 1 N–H and O–H groups in total. The SMILES string of the molecule is [B-]1B2B3B1P23(Nc1ccccc1)c1cc2c3c4c1c1ccccc1n4-c1cccc4c1B3c1c(cccc1C4(c1ccccc1)c1ccccc1)C2. The van der Waals surface area contributed by atoms with Crippen LogP contribution in [0, 0.1) is 0 Å². The van der Waals surface area contributed by atoms with E-state index in [0.29, 0.717) is 0 Å². The fourth-order valence-corrected chi connectivity index (χ4v) is 20.8. The Bertz CT molecular complexity index is 2890. The van der Waals surface area contributed by atoms with Crippen LogP contribution in [0.25, 0.3) is 27.5 Å². The minimum absolute atomic E-state index is 0.196. The van der Waals surface area contributed by atoms with Gasteiger partial charge in [-0.15, -0.1) is 0 Å². The van der Waals surface area contributed by atoms with Crippen molar-refractivity contribution in [3.8, 4) is 5.69 Å². The Kier molecular flexibility index (Phi) is 4.63. The normalized spacial score (nSPS) is 19.4. The van der Waals surface area contributed by atoms with E-state index in [2.05, 4.69) is 174 Å². The second kappa shape index (κ2) is 8.74. The number of aromatic nitrogens is 1. The van der Waals surface area contributed by atoms with Crippen molar-refractivity contribution in [1.82, 2.24) is 4.57 Å². The summed E-state index contributed by atoms with van der Waals surface area (Å²) >= 11 is 0. The topological polar surface area (TPSA) is 17.0 Å². The quantitative estimate of drug-likeness (QED) is 0.168. The fourth-order valence-electron chi connectivity index (χ4n) is 12.6. The molecule has 0 unspecified atom stereocenters. The molecule has 1 aromatic heterocycles. The molecule has 7 aromatic carbocycles. The second-order valence-electron chi connectivity index (χ2n) is 16.2. The molecule has 0 atom stereocenters. The van der Waals surface area contributed by atoms with Gasteiger partial charge in [-0.1, -0.05) is 0 Å². The predicted octanol–water partition coefficient (Wildman–Crippen LogP) is 6.29. The third-order valence-corrected chi connectivity index (χ3v) is 21.5. The molecular weight excluding hydrogens is 642 g/mol. The van der Waals surface area contributed by atoms with E-state index in [9.17, 15) is 0 Å². The van der Waals surface area contributed by atoms with Gasteiger partial charge >= 0.3 is 306 Å². The summed E-state index contributed by atoms with van der Waals surface area (Å²) in [6, 6.07) is 60.3. The van der Waals surface area contributed by atoms with Gasteiger partial charge in [-0.3, -0.25) is 0 Å². The Balaban J connectivity index is 1.16. The van der Waals surface area contributed by atoms with E-state index in [4.69, 9.17) is 0 Å². The Hall–Kier alpha value is -5.11. The van der Waals surface area contributed by atoms with Gasteiger partial charge in [-0.25, -0.2) is 0 Å². The van der Waals surface area contributed by atoms with Gasteiger partial charge in [0.1, 0.15) is 0 Å². The van der Waals surface area contributed by atoms with E-state index in [1.54, 1.807) is 16.3 Å². The van der Waals surface area contributed by atoms with E-state index < -0.39 is 11.8 Å². The zero-order valence-corrected chi connectivity index (χ0v) is 29.4. The molecule has 0 amide bonds. The molecule has 7 aliphatic rings. The Morgan fingerprint density at radius 1 is 0.615 bits per heavy atom. The number of rotatable bonds is 5. The van der Waals surface area contributed by atoms with Gasteiger partial charge in [0.25, 0.3) is 0 Å². The summed E-state index contributed by atoms with van der Waals surface area (Å²) in [6.07, 6.45) is 0.856. The summed E-state index contributed by atoms with van der Waals surface area (Å²) in [5.74, 6) is 0. The first-order valence-electron chi connectivity index (χ1n) is 18.9. The van der Waals surface area contributed by atoms with Crippen LogP contribution >= 0.6 is 6.39 Å². The molecule has 4 saturated heterocycles. The van der Waals surface area contributed by atoms with E-state index >= 15 is 0 Å². The molecule has 8 heterocycles. The van der Waals surface area contributed by atoms with Crippen LogP contribution in [0.4, 0.5) is 5.69 Å². The first kappa shape index (κ1) is 27.5. The number of nitrogens with zero attached hydrogens (tertiary/aromatic N) is 1. The van der Waals surface area contributed by atoms with Crippen molar-refractivity contribution in [2.45, 2.75) is 11.8 Å². The van der Waals surface area contributed by atoms with Crippen molar-refractivity contribution in [1.29, 1.82) is 0 Å². The number of para-hydroxylation sites is 2. The molecule has 7 aliphatic heterocycles. The van der Waals surface area contributed by atoms with Gasteiger partial charge in [-0.05, 0) is 0 Å². The molecular formula is C44H29B5N2P-. The van der Waals surface area contributed by atoms with Crippen molar-refractivity contribution in [2.75, 3.05) is 5.09 Å². The number of hydrogen-bond acceptors (Lipinski definition) is 1. The number of nitrogens with one attached hydrogen (secondary N) is 1. The van der Waals surface area contributed by atoms with Gasteiger partial charge in [0.15, 0.2) is 0 Å². The molecule has 4 fully saturated rings. The first-order valence-corrected chi connectivity index (χ1v) is 21.4. The van der Waals surface area contributed by atoms with Crippen LogP contribution in [-0.2, 0) is 11.8 Å². The molecule has 0 saturated carbocycles. The van der Waals surface area contributed by atoms with Crippen molar-refractivity contribution < 1.29 is 0 Å². The maximum atomic E-state index is 4.39. The third kappa shape index (κ3) is 2.67. The summed E-state index contributed by atoms with van der Waals surface area (Å²) in [5.41, 5.74) is 18.1. The predicted molar refractivity (Wildman–Crippen MR) is 226 cm³/mol. The van der Waals surface area contributed by atoms with Crippen LogP contribution in [0.3, 0.4) is 0 Å². The summed E-state index contributed by atoms with van der Waals surface area (Å²) in [4.78, 5) is 0. The summed E-state index contributed by atoms with van der Waals surface area (Å²) in [6.45, 7) is 0.196. The van der Waals surface area contributed by atoms with Crippen molar-refractivity contribution in [2.24, 2.45) is 0 Å². The molecule has 52 heavy (non-hydrogen) atoms. The molecule has 15 rings (SSSR count). The molecule has 2 nitrogen and oxygen atoms in total. The van der Waals surface area contributed by atoms with Gasteiger partial charge < -0.3 is 0 Å². The van der Waals surface area contributed by atoms with Crippen LogP contribution in [0.1, 0.15) is 33.4 Å². The second-order valence-corrected chi connectivity index (χ2v) is 21.4. The first-order chi connectivity index (χ1) is 25.8. The van der Waals surface area contributed by atoms with Crippen molar-refractivity contribution in [3.63, 3.8) is 0 Å². The van der Waals surface area contributed by atoms with Crippen LogP contribution in [0.5, 0.6) is 0 Å². The molecule has 236 valence electrons. The van der Waals surface area contributed by atoms with Crippen molar-refractivity contribution in [3.05, 3.63) is 191 Å². The molecule has 8 heteroatoms. The van der Waals surface area contributed by atoms with Gasteiger partial charge in [-0.2, -0.15) is 0 Å². The Morgan fingerprint density at radius 2 is 1.25 bits per heavy atom. The fraction of sp³-hybridized carbons (Fsp3) is 0.0455. The van der Waals surface area contributed by atoms with Crippen molar-refractivity contribution >= 4 is 88.0 Å². The summed E-state index contributed by atoms with van der Waals surface area (Å²) in [7, 11) is 2.67. The number of fused-ring (bicyclic) bond motifs is 4. The average molecular weight is 671 g/mol. The monoisotopic (exact) mass is 671 g/mol. The number of benzene rings is 7. The van der Waals surface area contributed by atoms with Gasteiger partial charge in [0, 0.05) is 0 Å². The molecule has 2 radical (unpaired) electrons. The molecule has 2 bridgehead atoms. The standard InChI is InChI=1S/C44H29B5N2P/c1-4-15-30(16-5-1)44(31-17-6-2-7-18-31)34-22-12-14-28-26-29-27-38(52(47-45-48(52)49(47)52)50-32-19-8-3-9-20-32)39-33-21-10-11-24-36(33)51-37-25-13-23-35(44)42(37)46(40(28)34)41(29)43(39)51/h1-25,27,50H,26H2/q-1. The molecule has 0 spiro atoms. The molecule has 0 aliphatic carbocycles. The Labute approximate surface area is 305 Å². The maximum absolute atomic E-state index is 4.39. The van der Waals surface area contributed by atoms with Crippen LogP contribution in [0.2, 0.25) is 0 Å². The van der Waals surface area contributed by atoms with Crippen LogP contribution in [0.15, 0.2) is 158 Å². The zero-order chi connectivity index (χ0) is 33.6. The van der Waals surface area contributed by atoms with Crippen LogP contribution in [-0.4, -0.2) is 37.0 Å². The average Bonchev–Trinajstić information content (AvgIpc) is 3.78. The third-order valence-electron chi connectivity index (χ3n) is 14.6. The van der Waals surface area contributed by atoms with Gasteiger partial charge in [0.05, 0.1) is 0 Å². The Morgan fingerprint density at radius 3 is 1.94 bits per heavy atom. The summed E-state index contributed by atoms with van der Waals surface area (Å²) in [5, 5.41) is 8.99. The zero-order valence-electron chi connectivity index (χ0n) is 28.5. The van der Waals surface area contributed by atoms with E-state index in [0.717, 1.165) is 25.1 Å². The number of hydrogen-bond donors (Lipinski definition) is 1. The number of anilines is 1. The minimum atomic E-state index is -2.36. The van der Waals surface area contributed by atoms with Crippen LogP contribution < -0.4 is 26.8 Å². The van der Waals surface area contributed by atoms with E-state index in [1.165, 1.54) is 71.9 Å². The summed E-state index contributed by atoms with van der Waals surface area (Å²) < 4.78 is 2.71. The van der Waals surface area contributed by atoms with E-state index in [1.807, 2.05) is 0 Å².